The van der Waals surface area contributed by atoms with Gasteiger partial charge in [-0.3, -0.25) is 0 Å². The Morgan fingerprint density at radius 2 is 2.08 bits per heavy atom. The summed E-state index contributed by atoms with van der Waals surface area (Å²) in [4.78, 5) is 0. The predicted molar refractivity (Wildman–Crippen MR) is 59.1 cm³/mol. The van der Waals surface area contributed by atoms with Crippen LogP contribution in [0.2, 0.25) is 0 Å². The molecule has 0 aliphatic rings. The molecule has 0 aliphatic heterocycles. The number of aryl methyl sites for hydroxylation is 2. The van der Waals surface area contributed by atoms with E-state index in [0.717, 1.165) is 12.8 Å². The molecule has 0 heterocycles. The number of hydrogen-bond donors (Lipinski definition) is 0. The number of rotatable bonds is 3. The second-order valence-electron chi connectivity index (χ2n) is 3.75. The zero-order valence-electron chi connectivity index (χ0n) is 8.85. The maximum atomic E-state index is 3.93. The molecular formula is C13H18. The summed E-state index contributed by atoms with van der Waals surface area (Å²) in [6.45, 7) is 10.4. The van der Waals surface area contributed by atoms with E-state index in [1.807, 2.05) is 0 Å². The molecule has 0 heteroatoms. The molecule has 0 amide bonds. The highest BCUT2D eigenvalue weighted by molar-refractivity contribution is 5.33. The average Bonchev–Trinajstić information content (AvgIpc) is 2.08. The SMILES string of the molecule is C=C(C)Cc1ccc(CC)cc1C. The van der Waals surface area contributed by atoms with E-state index >= 15 is 0 Å². The Balaban J connectivity index is 2.91. The predicted octanol–water partition coefficient (Wildman–Crippen LogP) is 3.68. The first-order chi connectivity index (χ1) is 6.13. The van der Waals surface area contributed by atoms with Crippen LogP contribution in [-0.4, -0.2) is 0 Å². The lowest BCUT2D eigenvalue weighted by Gasteiger charge is -2.07. The topological polar surface area (TPSA) is 0 Å². The molecule has 0 aromatic heterocycles. The molecule has 1 aromatic carbocycles. The van der Waals surface area contributed by atoms with Crippen LogP contribution >= 0.6 is 0 Å². The van der Waals surface area contributed by atoms with Gasteiger partial charge >= 0.3 is 0 Å². The van der Waals surface area contributed by atoms with Gasteiger partial charge in [0.05, 0.1) is 0 Å². The van der Waals surface area contributed by atoms with E-state index in [4.69, 9.17) is 0 Å². The Morgan fingerprint density at radius 1 is 1.38 bits per heavy atom. The van der Waals surface area contributed by atoms with Gasteiger partial charge in [-0.2, -0.15) is 0 Å². The van der Waals surface area contributed by atoms with Crippen LogP contribution in [0, 0.1) is 6.92 Å². The van der Waals surface area contributed by atoms with E-state index in [-0.39, 0.29) is 0 Å². The minimum absolute atomic E-state index is 1.01. The maximum absolute atomic E-state index is 3.93. The summed E-state index contributed by atoms with van der Waals surface area (Å²) in [6, 6.07) is 6.71. The lowest BCUT2D eigenvalue weighted by Crippen LogP contribution is -1.92. The quantitative estimate of drug-likeness (QED) is 0.613. The molecular weight excluding hydrogens is 156 g/mol. The van der Waals surface area contributed by atoms with Crippen molar-refractivity contribution in [1.29, 1.82) is 0 Å². The third-order valence-corrected chi connectivity index (χ3v) is 2.31. The largest absolute Gasteiger partial charge is 0.0998 e. The molecule has 13 heavy (non-hydrogen) atoms. The third-order valence-electron chi connectivity index (χ3n) is 2.31. The molecule has 0 nitrogen and oxygen atoms in total. The van der Waals surface area contributed by atoms with Gasteiger partial charge in [-0.15, -0.1) is 0 Å². The highest BCUT2D eigenvalue weighted by Gasteiger charge is 1.99. The van der Waals surface area contributed by atoms with Gasteiger partial charge in [0.15, 0.2) is 0 Å². The van der Waals surface area contributed by atoms with Crippen molar-refractivity contribution in [2.75, 3.05) is 0 Å². The molecule has 0 N–H and O–H groups in total. The zero-order chi connectivity index (χ0) is 9.84. The Bertz CT molecular complexity index is 308. The zero-order valence-corrected chi connectivity index (χ0v) is 8.85. The standard InChI is InChI=1S/C13H18/c1-5-12-6-7-13(8-10(2)3)11(4)9-12/h6-7,9H,2,5,8H2,1,3-4H3. The van der Waals surface area contributed by atoms with Gasteiger partial charge in [0.1, 0.15) is 0 Å². The van der Waals surface area contributed by atoms with Crippen LogP contribution in [0.4, 0.5) is 0 Å². The molecule has 1 rings (SSSR count). The summed E-state index contributed by atoms with van der Waals surface area (Å²) in [6.07, 6.45) is 2.13. The van der Waals surface area contributed by atoms with Gasteiger partial charge in [0.25, 0.3) is 0 Å². The van der Waals surface area contributed by atoms with Crippen molar-refractivity contribution >= 4 is 0 Å². The van der Waals surface area contributed by atoms with E-state index in [1.54, 1.807) is 0 Å². The Morgan fingerprint density at radius 3 is 2.54 bits per heavy atom. The number of benzene rings is 1. The number of hydrogen-bond acceptors (Lipinski definition) is 0. The lowest BCUT2D eigenvalue weighted by molar-refractivity contribution is 1.08. The van der Waals surface area contributed by atoms with Crippen molar-refractivity contribution in [3.63, 3.8) is 0 Å². The second-order valence-corrected chi connectivity index (χ2v) is 3.75. The summed E-state index contributed by atoms with van der Waals surface area (Å²) in [7, 11) is 0. The summed E-state index contributed by atoms with van der Waals surface area (Å²) < 4.78 is 0. The maximum Gasteiger partial charge on any atom is -0.00699 e. The van der Waals surface area contributed by atoms with Crippen molar-refractivity contribution in [3.8, 4) is 0 Å². The molecule has 0 atom stereocenters. The van der Waals surface area contributed by atoms with Crippen LogP contribution in [0.15, 0.2) is 30.4 Å². The Labute approximate surface area is 81.3 Å². The summed E-state index contributed by atoms with van der Waals surface area (Å²) in [5.41, 5.74) is 5.45. The van der Waals surface area contributed by atoms with E-state index in [1.165, 1.54) is 22.3 Å². The Kier molecular flexibility index (Phi) is 3.30. The smallest absolute Gasteiger partial charge is 0.00699 e. The van der Waals surface area contributed by atoms with Gasteiger partial charge in [-0.25, -0.2) is 0 Å². The Hall–Kier alpha value is -1.04. The van der Waals surface area contributed by atoms with Gasteiger partial charge < -0.3 is 0 Å². The van der Waals surface area contributed by atoms with Gasteiger partial charge in [0.2, 0.25) is 0 Å². The molecule has 0 aliphatic carbocycles. The monoisotopic (exact) mass is 174 g/mol. The van der Waals surface area contributed by atoms with E-state index in [9.17, 15) is 0 Å². The van der Waals surface area contributed by atoms with Gasteiger partial charge in [-0.05, 0) is 43.4 Å². The molecule has 70 valence electrons. The minimum Gasteiger partial charge on any atom is -0.0998 e. The van der Waals surface area contributed by atoms with Crippen LogP contribution < -0.4 is 0 Å². The van der Waals surface area contributed by atoms with E-state index in [0.29, 0.717) is 0 Å². The molecule has 1 aromatic rings. The minimum atomic E-state index is 1.01. The van der Waals surface area contributed by atoms with Crippen LogP contribution in [0.1, 0.15) is 30.5 Å². The fourth-order valence-electron chi connectivity index (χ4n) is 1.50. The molecule has 0 bridgehead atoms. The molecule has 0 fully saturated rings. The lowest BCUT2D eigenvalue weighted by atomic mass is 9.99. The highest BCUT2D eigenvalue weighted by atomic mass is 14.0. The van der Waals surface area contributed by atoms with Crippen molar-refractivity contribution in [2.24, 2.45) is 0 Å². The van der Waals surface area contributed by atoms with Crippen molar-refractivity contribution < 1.29 is 0 Å². The van der Waals surface area contributed by atoms with E-state index in [2.05, 4.69) is 45.5 Å². The van der Waals surface area contributed by atoms with Crippen LogP contribution in [-0.2, 0) is 12.8 Å². The number of allylic oxidation sites excluding steroid dienone is 1. The van der Waals surface area contributed by atoms with Gasteiger partial charge in [0, 0.05) is 0 Å². The highest BCUT2D eigenvalue weighted by Crippen LogP contribution is 2.14. The van der Waals surface area contributed by atoms with E-state index < -0.39 is 0 Å². The first kappa shape index (κ1) is 10.0. The molecule has 0 unspecified atom stereocenters. The van der Waals surface area contributed by atoms with Crippen LogP contribution in [0.25, 0.3) is 0 Å². The molecule has 0 saturated carbocycles. The molecule has 0 radical (unpaired) electrons. The molecule has 0 saturated heterocycles. The fourth-order valence-corrected chi connectivity index (χ4v) is 1.50. The average molecular weight is 174 g/mol. The van der Waals surface area contributed by atoms with Crippen molar-refractivity contribution in [1.82, 2.24) is 0 Å². The third kappa shape index (κ3) is 2.73. The van der Waals surface area contributed by atoms with Crippen LogP contribution in [0.5, 0.6) is 0 Å². The second kappa shape index (κ2) is 4.27. The summed E-state index contributed by atoms with van der Waals surface area (Å²) >= 11 is 0. The fraction of sp³-hybridized carbons (Fsp3) is 0.385. The van der Waals surface area contributed by atoms with Crippen molar-refractivity contribution in [3.05, 3.63) is 47.0 Å². The first-order valence-electron chi connectivity index (χ1n) is 4.86. The molecule has 0 spiro atoms. The first-order valence-corrected chi connectivity index (χ1v) is 4.86. The van der Waals surface area contributed by atoms with Crippen LogP contribution in [0.3, 0.4) is 0 Å². The summed E-state index contributed by atoms with van der Waals surface area (Å²) in [5, 5.41) is 0. The van der Waals surface area contributed by atoms with Crippen molar-refractivity contribution in [2.45, 2.75) is 33.6 Å². The summed E-state index contributed by atoms with van der Waals surface area (Å²) in [5.74, 6) is 0. The van der Waals surface area contributed by atoms with Gasteiger partial charge in [-0.1, -0.05) is 37.3 Å². The normalized spacial score (nSPS) is 10.1.